The molecule has 0 aliphatic carbocycles. The fourth-order valence-electron chi connectivity index (χ4n) is 7.66. The summed E-state index contributed by atoms with van der Waals surface area (Å²) in [7, 11) is -7.13. The lowest BCUT2D eigenvalue weighted by Crippen LogP contribution is -2.38. The minimum atomic E-state index is -4.57. The SMILES string of the molecule is CP(C)(=O)C(F)CCCCCCCCCCCCCCCC(=O)NCCN1C(=O)C=CC1=O.C[Si](C)(C)Br.O=C(CCCCCCCCCCCCCCCC(F)P(=O)(O)O)NCCN1C(=O)C=CC1=O.[2H]CC. The van der Waals surface area contributed by atoms with Crippen LogP contribution in [0, 0.1) is 0 Å². The molecule has 2 unspecified atom stereocenters. The Hall–Kier alpha value is -2.36. The third kappa shape index (κ3) is 45.5. The van der Waals surface area contributed by atoms with Gasteiger partial charge in [-0.3, -0.25) is 43.1 Å². The van der Waals surface area contributed by atoms with Crippen molar-refractivity contribution >= 4 is 72.2 Å². The second-order valence-electron chi connectivity index (χ2n) is 20.3. The van der Waals surface area contributed by atoms with Crippen LogP contribution in [0.1, 0.15) is 208 Å². The van der Waals surface area contributed by atoms with Crippen molar-refractivity contribution in [3.8, 4) is 0 Å². The Kier molecular flexibility index (Phi) is 43.3. The monoisotopic (exact) mass is 1160 g/mol. The van der Waals surface area contributed by atoms with Crippen LogP contribution in [-0.4, -0.2) is 113 Å². The normalized spacial score (nSPS) is 14.5. The van der Waals surface area contributed by atoms with Gasteiger partial charge in [-0.15, -0.1) is 15.3 Å². The van der Waals surface area contributed by atoms with Gasteiger partial charge >= 0.3 is 7.60 Å². The lowest BCUT2D eigenvalue weighted by Gasteiger charge is -2.13. The minimum Gasteiger partial charge on any atom is -0.354 e. The van der Waals surface area contributed by atoms with Gasteiger partial charge in [0.15, 0.2) is 5.91 Å². The molecule has 73 heavy (non-hydrogen) atoms. The summed E-state index contributed by atoms with van der Waals surface area (Å²) in [6, 6.07) is 0. The van der Waals surface area contributed by atoms with Crippen molar-refractivity contribution in [1.82, 2.24) is 20.4 Å². The van der Waals surface area contributed by atoms with Crippen LogP contribution in [0.4, 0.5) is 8.78 Å². The highest BCUT2D eigenvalue weighted by Crippen LogP contribution is 2.46. The number of carbonyl (C=O) groups is 6. The largest absolute Gasteiger partial charge is 0.359 e. The van der Waals surface area contributed by atoms with Crippen molar-refractivity contribution in [3.63, 3.8) is 0 Å². The van der Waals surface area contributed by atoms with E-state index in [1.165, 1.54) is 108 Å². The van der Waals surface area contributed by atoms with E-state index in [2.05, 4.69) is 45.6 Å². The molecule has 2 aliphatic heterocycles. The van der Waals surface area contributed by atoms with Crippen LogP contribution < -0.4 is 10.6 Å². The number of carbonyl (C=O) groups excluding carboxylic acids is 6. The van der Waals surface area contributed by atoms with Gasteiger partial charge in [0, 0.05) is 64.7 Å². The summed E-state index contributed by atoms with van der Waals surface area (Å²) in [6.07, 6.45) is 34.5. The van der Waals surface area contributed by atoms with Gasteiger partial charge in [0.25, 0.3) is 23.6 Å². The summed E-state index contributed by atoms with van der Waals surface area (Å²) < 4.78 is 55.2. The predicted octanol–water partition coefficient (Wildman–Crippen LogP) is 13.4. The van der Waals surface area contributed by atoms with E-state index in [1.807, 2.05) is 0 Å². The first kappa shape index (κ1) is 70.6. The van der Waals surface area contributed by atoms with Crippen LogP contribution in [-0.2, 0) is 37.9 Å². The van der Waals surface area contributed by atoms with Crippen LogP contribution in [0.2, 0.25) is 19.6 Å². The van der Waals surface area contributed by atoms with E-state index >= 15 is 0 Å². The number of alkyl halides is 2. The Bertz CT molecular complexity index is 1560. The predicted molar refractivity (Wildman–Crippen MR) is 301 cm³/mol. The Balaban J connectivity index is 0. The van der Waals surface area contributed by atoms with E-state index in [-0.39, 0.29) is 61.5 Å². The van der Waals surface area contributed by atoms with Gasteiger partial charge in [-0.25, -0.2) is 8.78 Å². The van der Waals surface area contributed by atoms with Gasteiger partial charge in [-0.2, -0.15) is 0 Å². The zero-order valence-corrected chi connectivity index (χ0v) is 50.2. The zero-order valence-electron chi connectivity index (χ0n) is 46.8. The summed E-state index contributed by atoms with van der Waals surface area (Å²) in [6.45, 7) is 12.3. The van der Waals surface area contributed by atoms with Crippen molar-refractivity contribution < 1.29 is 57.8 Å². The smallest absolute Gasteiger partial charge is 0.354 e. The van der Waals surface area contributed by atoms with Crippen LogP contribution in [0.15, 0.2) is 24.3 Å². The molecule has 14 nitrogen and oxygen atoms in total. The summed E-state index contributed by atoms with van der Waals surface area (Å²) in [4.78, 5) is 88.9. The average molecular weight is 1160 g/mol. The number of nitrogens with zero attached hydrogens (tertiary/aromatic N) is 2. The molecule has 20 heteroatoms. The number of rotatable bonds is 40. The number of amides is 6. The van der Waals surface area contributed by atoms with Crippen LogP contribution in [0.5, 0.6) is 0 Å². The molecule has 0 radical (unpaired) electrons. The number of unbranched alkanes of at least 4 members (excludes halogenated alkanes) is 24. The quantitative estimate of drug-likeness (QED) is 0.0150. The third-order valence-electron chi connectivity index (χ3n) is 11.8. The lowest BCUT2D eigenvalue weighted by molar-refractivity contribution is -0.138. The standard InChI is InChI=1S/C25H44FN2O4P.C23H40FN2O6P.C3H9BrSi.C2H6/c1-33(2,32)22(26)16-14-12-10-8-6-4-3-5-7-9-11-13-15-17-23(29)27-20-21-28-24(30)18-19-25(28)31;24-20(33(30,31)32)14-12-10-8-6-4-2-1-3-5-7-9-11-13-15-21(27)25-18-19-26-22(28)16-17-23(26)29;1-5(2,3)4;1-2/h18-19,22H,3-17,20-21H2,1-2H3,(H,27,29);16-17,20H,1-15,18-19H2,(H,25,27)(H2,30,31,32);1-3H3;1-2H3/i;;;1D. The topological polar surface area (TPSA) is 208 Å². The molecule has 0 fully saturated rings. The molecule has 6 amide bonds. The fraction of sp³-hybridized carbons (Fsp3) is 0.811. The van der Waals surface area contributed by atoms with Crippen molar-refractivity contribution in [2.24, 2.45) is 0 Å². The zero-order chi connectivity index (χ0) is 56.3. The number of halogens is 3. The maximum atomic E-state index is 13.6. The maximum absolute atomic E-state index is 13.6. The second-order valence-corrected chi connectivity index (χ2v) is 36.7. The Labute approximate surface area is 450 Å². The van der Waals surface area contributed by atoms with E-state index in [0.717, 1.165) is 99.7 Å². The summed E-state index contributed by atoms with van der Waals surface area (Å²) in [5, 5.41) is 5.51. The highest BCUT2D eigenvalue weighted by atomic mass is 79.9. The van der Waals surface area contributed by atoms with Crippen LogP contribution in [0.3, 0.4) is 0 Å². The van der Waals surface area contributed by atoms with E-state index in [4.69, 9.17) is 11.2 Å². The number of hydrogen-bond donors (Lipinski definition) is 4. The molecule has 0 saturated heterocycles. The first-order valence-electron chi connectivity index (χ1n) is 28.0. The molecule has 0 bridgehead atoms. The Morgan fingerprint density at radius 1 is 0.548 bits per heavy atom. The van der Waals surface area contributed by atoms with Gasteiger partial charge in [-0.1, -0.05) is 181 Å². The molecular formula is C53H99BrF2N4O10P2Si. The van der Waals surface area contributed by atoms with Gasteiger partial charge in [0.05, 0.1) is 0 Å². The number of nitrogens with one attached hydrogen (secondary N) is 2. The molecule has 4 N–H and O–H groups in total. The molecule has 0 aromatic rings. The van der Waals surface area contributed by atoms with Crippen molar-refractivity contribution in [3.05, 3.63) is 24.3 Å². The van der Waals surface area contributed by atoms with Crippen LogP contribution in [0.25, 0.3) is 0 Å². The molecule has 0 aromatic carbocycles. The van der Waals surface area contributed by atoms with Gasteiger partial charge in [0.1, 0.15) is 13.8 Å². The maximum Gasteiger partial charge on any atom is 0.359 e. The van der Waals surface area contributed by atoms with Crippen molar-refractivity contribution in [2.45, 2.75) is 238 Å². The second kappa shape index (κ2) is 44.7. The Morgan fingerprint density at radius 2 is 0.767 bits per heavy atom. The van der Waals surface area contributed by atoms with E-state index in [0.29, 0.717) is 39.1 Å². The highest BCUT2D eigenvalue weighted by Gasteiger charge is 2.27. The summed E-state index contributed by atoms with van der Waals surface area (Å²) >= 11 is 3.51. The molecule has 0 spiro atoms. The molecule has 426 valence electrons. The summed E-state index contributed by atoms with van der Waals surface area (Å²) in [5.41, 5.74) is 0. The lowest BCUT2D eigenvalue weighted by atomic mass is 10.0. The summed E-state index contributed by atoms with van der Waals surface area (Å²) in [5.74, 6) is -4.52. The van der Waals surface area contributed by atoms with Gasteiger partial charge < -0.3 is 25.0 Å². The van der Waals surface area contributed by atoms with E-state index in [9.17, 15) is 46.7 Å². The molecule has 2 rings (SSSR count). The molecule has 2 aliphatic rings. The van der Waals surface area contributed by atoms with E-state index in [1.54, 1.807) is 6.92 Å². The third-order valence-corrected chi connectivity index (χ3v) is 14.4. The number of imide groups is 2. The van der Waals surface area contributed by atoms with Crippen molar-refractivity contribution in [2.75, 3.05) is 39.5 Å². The molecule has 2 atom stereocenters. The fourth-order valence-corrected chi connectivity index (χ4v) is 8.98. The molecule has 2 heterocycles. The highest BCUT2D eigenvalue weighted by molar-refractivity contribution is 9.26. The van der Waals surface area contributed by atoms with Crippen molar-refractivity contribution in [1.29, 1.82) is 0 Å². The number of hydrogen-bond acceptors (Lipinski definition) is 8. The molecule has 0 saturated carbocycles. The minimum absolute atomic E-state index is 0.0257. The molecule has 0 aromatic heterocycles. The first-order chi connectivity index (χ1) is 34.8. The van der Waals surface area contributed by atoms with Crippen LogP contribution >= 0.6 is 30.0 Å². The van der Waals surface area contributed by atoms with Gasteiger partial charge in [0.2, 0.25) is 17.7 Å². The average Bonchev–Trinajstić information content (AvgIpc) is 3.81. The van der Waals surface area contributed by atoms with E-state index < -0.39 is 33.3 Å². The Morgan fingerprint density at radius 3 is 1.00 bits per heavy atom. The first-order valence-corrected chi connectivity index (χ1v) is 37.4. The molecular weight excluding hydrogens is 1060 g/mol. The van der Waals surface area contributed by atoms with Gasteiger partial charge in [-0.05, 0) is 45.4 Å².